The van der Waals surface area contributed by atoms with Gasteiger partial charge >= 0.3 is 5.97 Å². The van der Waals surface area contributed by atoms with E-state index < -0.39 is 5.97 Å². The molecule has 0 aliphatic heterocycles. The molecule has 0 spiro atoms. The molecular formula is C11H20N2O2. The Morgan fingerprint density at radius 1 is 1.47 bits per heavy atom. The number of carboxylic acid groups (broad SMARTS) is 1. The minimum absolute atomic E-state index is 0.00162. The van der Waals surface area contributed by atoms with Crippen LogP contribution in [0, 0.1) is 17.2 Å². The van der Waals surface area contributed by atoms with Gasteiger partial charge in [-0.05, 0) is 12.8 Å². The van der Waals surface area contributed by atoms with E-state index in [9.17, 15) is 4.79 Å². The molecule has 1 atom stereocenters. The highest BCUT2D eigenvalue weighted by molar-refractivity contribution is 5.67. The van der Waals surface area contributed by atoms with Crippen LogP contribution in [0.2, 0.25) is 0 Å². The van der Waals surface area contributed by atoms with Gasteiger partial charge in [0.1, 0.15) is 0 Å². The molecule has 4 heteroatoms. The first kappa shape index (κ1) is 13.9. The molecule has 15 heavy (non-hydrogen) atoms. The zero-order valence-corrected chi connectivity index (χ0v) is 9.73. The number of nitrogens with zero attached hydrogens (tertiary/aromatic N) is 2. The maximum Gasteiger partial charge on any atom is 0.304 e. The van der Waals surface area contributed by atoms with Crippen LogP contribution in [0.1, 0.15) is 33.6 Å². The van der Waals surface area contributed by atoms with Crippen LogP contribution in [0.15, 0.2) is 0 Å². The maximum absolute atomic E-state index is 10.6. The highest BCUT2D eigenvalue weighted by Gasteiger charge is 2.17. The predicted molar refractivity (Wildman–Crippen MR) is 58.4 cm³/mol. The van der Waals surface area contributed by atoms with E-state index in [-0.39, 0.29) is 12.5 Å². The van der Waals surface area contributed by atoms with Crippen LogP contribution in [-0.2, 0) is 4.79 Å². The first-order valence-electron chi connectivity index (χ1n) is 5.30. The van der Waals surface area contributed by atoms with E-state index in [1.807, 2.05) is 6.92 Å². The molecule has 0 aromatic rings. The molecule has 0 rings (SSSR count). The smallest absolute Gasteiger partial charge is 0.304 e. The Morgan fingerprint density at radius 2 is 2.07 bits per heavy atom. The molecule has 0 bridgehead atoms. The van der Waals surface area contributed by atoms with Gasteiger partial charge in [-0.25, -0.2) is 0 Å². The van der Waals surface area contributed by atoms with E-state index in [1.165, 1.54) is 0 Å². The van der Waals surface area contributed by atoms with E-state index in [4.69, 9.17) is 10.4 Å². The molecule has 86 valence electrons. The van der Waals surface area contributed by atoms with Gasteiger partial charge in [0.25, 0.3) is 0 Å². The number of hydrogen-bond donors (Lipinski definition) is 1. The maximum atomic E-state index is 10.6. The van der Waals surface area contributed by atoms with Gasteiger partial charge in [0.2, 0.25) is 0 Å². The van der Waals surface area contributed by atoms with Crippen LogP contribution < -0.4 is 0 Å². The van der Waals surface area contributed by atoms with Crippen molar-refractivity contribution in [3.63, 3.8) is 0 Å². The Balaban J connectivity index is 4.20. The summed E-state index contributed by atoms with van der Waals surface area (Å²) in [5.74, 6) is -0.298. The molecule has 1 N–H and O–H groups in total. The fourth-order valence-electron chi connectivity index (χ4n) is 1.54. The molecule has 0 saturated carbocycles. The number of rotatable bonds is 7. The monoisotopic (exact) mass is 212 g/mol. The average Bonchev–Trinajstić information content (AvgIpc) is 2.10. The standard InChI is InChI=1S/C11H20N2O2/c1-9(2)8-13(6-4-5-12)10(3)7-11(14)15/h9-10H,4,6-8H2,1-3H3,(H,14,15). The number of carbonyl (C=O) groups is 1. The van der Waals surface area contributed by atoms with Crippen molar-refractivity contribution in [2.24, 2.45) is 5.92 Å². The summed E-state index contributed by atoms with van der Waals surface area (Å²) in [4.78, 5) is 12.7. The summed E-state index contributed by atoms with van der Waals surface area (Å²) in [5.41, 5.74) is 0. The van der Waals surface area contributed by atoms with Crippen molar-refractivity contribution < 1.29 is 9.90 Å². The number of hydrogen-bond acceptors (Lipinski definition) is 3. The normalized spacial score (nSPS) is 12.8. The van der Waals surface area contributed by atoms with Crippen molar-refractivity contribution in [1.29, 1.82) is 5.26 Å². The topological polar surface area (TPSA) is 64.3 Å². The van der Waals surface area contributed by atoms with Crippen LogP contribution in [0.25, 0.3) is 0 Å². The van der Waals surface area contributed by atoms with Gasteiger partial charge in [-0.3, -0.25) is 9.69 Å². The molecule has 0 heterocycles. The summed E-state index contributed by atoms with van der Waals surface area (Å²) < 4.78 is 0. The summed E-state index contributed by atoms with van der Waals surface area (Å²) in [6, 6.07) is 2.09. The zero-order chi connectivity index (χ0) is 11.8. The van der Waals surface area contributed by atoms with Crippen LogP contribution >= 0.6 is 0 Å². The third-order valence-electron chi connectivity index (χ3n) is 2.20. The summed E-state index contributed by atoms with van der Waals surface area (Å²) in [6.45, 7) is 7.58. The van der Waals surface area contributed by atoms with E-state index in [0.29, 0.717) is 18.9 Å². The van der Waals surface area contributed by atoms with Gasteiger partial charge in [0, 0.05) is 25.6 Å². The zero-order valence-electron chi connectivity index (χ0n) is 9.73. The highest BCUT2D eigenvalue weighted by atomic mass is 16.4. The van der Waals surface area contributed by atoms with Crippen LogP contribution in [-0.4, -0.2) is 35.1 Å². The van der Waals surface area contributed by atoms with Crippen LogP contribution in [0.4, 0.5) is 0 Å². The number of aliphatic carboxylic acids is 1. The Kier molecular flexibility index (Phi) is 6.72. The summed E-state index contributed by atoms with van der Waals surface area (Å²) in [6.07, 6.45) is 0.592. The Labute approximate surface area is 91.5 Å². The van der Waals surface area contributed by atoms with Crippen molar-refractivity contribution in [2.45, 2.75) is 39.7 Å². The van der Waals surface area contributed by atoms with Gasteiger partial charge in [0.15, 0.2) is 0 Å². The lowest BCUT2D eigenvalue weighted by Gasteiger charge is -2.28. The van der Waals surface area contributed by atoms with E-state index in [0.717, 1.165) is 6.54 Å². The second-order valence-corrected chi connectivity index (χ2v) is 4.24. The third kappa shape index (κ3) is 6.92. The fourth-order valence-corrected chi connectivity index (χ4v) is 1.54. The van der Waals surface area contributed by atoms with Crippen LogP contribution in [0.5, 0.6) is 0 Å². The van der Waals surface area contributed by atoms with E-state index >= 15 is 0 Å². The second-order valence-electron chi connectivity index (χ2n) is 4.24. The summed E-state index contributed by atoms with van der Waals surface area (Å²) >= 11 is 0. The Bertz CT molecular complexity index is 233. The lowest BCUT2D eigenvalue weighted by molar-refractivity contribution is -0.138. The molecule has 0 aromatic heterocycles. The van der Waals surface area contributed by atoms with Gasteiger partial charge in [-0.2, -0.15) is 5.26 Å². The van der Waals surface area contributed by atoms with Gasteiger partial charge in [-0.15, -0.1) is 0 Å². The van der Waals surface area contributed by atoms with Gasteiger partial charge in [0.05, 0.1) is 12.5 Å². The second kappa shape index (κ2) is 7.24. The van der Waals surface area contributed by atoms with Crippen LogP contribution in [0.3, 0.4) is 0 Å². The molecule has 0 saturated heterocycles. The van der Waals surface area contributed by atoms with Crippen molar-refractivity contribution in [3.05, 3.63) is 0 Å². The fraction of sp³-hybridized carbons (Fsp3) is 0.818. The van der Waals surface area contributed by atoms with Crippen molar-refractivity contribution in [2.75, 3.05) is 13.1 Å². The van der Waals surface area contributed by atoms with E-state index in [1.54, 1.807) is 0 Å². The minimum Gasteiger partial charge on any atom is -0.481 e. The van der Waals surface area contributed by atoms with Crippen molar-refractivity contribution in [1.82, 2.24) is 4.90 Å². The Morgan fingerprint density at radius 3 is 2.47 bits per heavy atom. The minimum atomic E-state index is -0.784. The van der Waals surface area contributed by atoms with E-state index in [2.05, 4.69) is 24.8 Å². The molecular weight excluding hydrogens is 192 g/mol. The van der Waals surface area contributed by atoms with Gasteiger partial charge < -0.3 is 5.11 Å². The largest absolute Gasteiger partial charge is 0.481 e. The Hall–Kier alpha value is -1.08. The molecule has 0 aliphatic carbocycles. The number of carboxylic acids is 1. The molecule has 0 aliphatic rings. The molecule has 0 fully saturated rings. The first-order chi connectivity index (χ1) is 6.97. The molecule has 0 amide bonds. The first-order valence-corrected chi connectivity index (χ1v) is 5.30. The van der Waals surface area contributed by atoms with Crippen molar-refractivity contribution >= 4 is 5.97 Å². The number of nitriles is 1. The van der Waals surface area contributed by atoms with Gasteiger partial charge in [-0.1, -0.05) is 13.8 Å². The third-order valence-corrected chi connectivity index (χ3v) is 2.20. The predicted octanol–water partition coefficient (Wildman–Crippen LogP) is 1.72. The molecule has 4 nitrogen and oxygen atoms in total. The quantitative estimate of drug-likeness (QED) is 0.698. The molecule has 0 aromatic carbocycles. The molecule has 0 radical (unpaired) electrons. The summed E-state index contributed by atoms with van der Waals surface area (Å²) in [7, 11) is 0. The highest BCUT2D eigenvalue weighted by Crippen LogP contribution is 2.08. The lowest BCUT2D eigenvalue weighted by Crippen LogP contribution is -2.38. The summed E-state index contributed by atoms with van der Waals surface area (Å²) in [5, 5.41) is 17.2. The SMILES string of the molecule is CC(C)CN(CCC#N)C(C)CC(=O)O. The van der Waals surface area contributed by atoms with Crippen molar-refractivity contribution in [3.8, 4) is 6.07 Å². The lowest BCUT2D eigenvalue weighted by atomic mass is 10.1. The molecule has 1 unspecified atom stereocenters. The average molecular weight is 212 g/mol.